The van der Waals surface area contributed by atoms with Crippen LogP contribution in [0.5, 0.6) is 0 Å². The van der Waals surface area contributed by atoms with Gasteiger partial charge in [0.05, 0.1) is 9.47 Å². The quantitative estimate of drug-likeness (QED) is 0.259. The van der Waals surface area contributed by atoms with Gasteiger partial charge in [0, 0.05) is 15.4 Å². The van der Waals surface area contributed by atoms with Gasteiger partial charge in [-0.3, -0.25) is 9.59 Å². The molecule has 0 saturated carbocycles. The van der Waals surface area contributed by atoms with Crippen LogP contribution in [0.15, 0.2) is 5.11 Å². The predicted molar refractivity (Wildman–Crippen MR) is 70.3 cm³/mol. The maximum Gasteiger partial charge on any atom is 0.322 e. The van der Waals surface area contributed by atoms with Crippen LogP contribution < -0.4 is 0 Å². The maximum atomic E-state index is 11.6. The van der Waals surface area contributed by atoms with Crippen molar-refractivity contribution in [2.24, 2.45) is 10.5 Å². The summed E-state index contributed by atoms with van der Waals surface area (Å²) >= 11 is 1.42. The van der Waals surface area contributed by atoms with E-state index in [2.05, 4.69) is 14.5 Å². The summed E-state index contributed by atoms with van der Waals surface area (Å²) in [5.74, 6) is -1.36. The first-order valence-electron chi connectivity index (χ1n) is 4.82. The van der Waals surface area contributed by atoms with Gasteiger partial charge >= 0.3 is 5.97 Å². The number of azide groups is 1. The fraction of sp³-hybridized carbons (Fsp3) is 0.778. The molecule has 0 aromatic heterocycles. The zero-order valence-corrected chi connectivity index (χ0v) is 12.2. The highest BCUT2D eigenvalue weighted by Gasteiger charge is 2.42. The normalized spacial score (nSPS) is 14.4. The molecule has 0 saturated heterocycles. The molecule has 0 aromatic rings. The van der Waals surface area contributed by atoms with E-state index in [1.54, 1.807) is 9.47 Å². The van der Waals surface area contributed by atoms with Gasteiger partial charge in [-0.1, -0.05) is 20.8 Å². The molecule has 0 aliphatic rings. The second kappa shape index (κ2) is 6.24. The third-order valence-corrected chi connectivity index (χ3v) is 3.76. The SMILES string of the molecule is CC(C)(C)SCC(C)(C(=O)N=[N+]=[N-])C(=O)OP. The van der Waals surface area contributed by atoms with Crippen LogP contribution in [-0.2, 0) is 14.1 Å². The number of hydrogen-bond donors (Lipinski definition) is 0. The smallest absolute Gasteiger partial charge is 0.322 e. The molecule has 1 amide bonds. The van der Waals surface area contributed by atoms with E-state index in [1.807, 2.05) is 20.8 Å². The molecule has 0 spiro atoms. The molecule has 0 N–H and O–H groups in total. The van der Waals surface area contributed by atoms with Gasteiger partial charge in [-0.15, -0.1) is 0 Å². The molecule has 96 valence electrons. The summed E-state index contributed by atoms with van der Waals surface area (Å²) in [6.45, 7) is 7.29. The van der Waals surface area contributed by atoms with Crippen molar-refractivity contribution in [3.05, 3.63) is 10.4 Å². The van der Waals surface area contributed by atoms with E-state index >= 15 is 0 Å². The van der Waals surface area contributed by atoms with E-state index in [0.29, 0.717) is 0 Å². The van der Waals surface area contributed by atoms with Crippen molar-refractivity contribution in [3.63, 3.8) is 0 Å². The van der Waals surface area contributed by atoms with E-state index in [1.165, 1.54) is 18.7 Å². The fourth-order valence-corrected chi connectivity index (χ4v) is 2.07. The highest BCUT2D eigenvalue weighted by molar-refractivity contribution is 8.00. The Hall–Kier alpha value is -0.770. The topological polar surface area (TPSA) is 92.1 Å². The van der Waals surface area contributed by atoms with Gasteiger partial charge in [-0.05, 0) is 17.6 Å². The van der Waals surface area contributed by atoms with E-state index < -0.39 is 17.3 Å². The Kier molecular flexibility index (Phi) is 5.96. The molecule has 0 heterocycles. The summed E-state index contributed by atoms with van der Waals surface area (Å²) in [5, 5.41) is 2.98. The summed E-state index contributed by atoms with van der Waals surface area (Å²) in [4.78, 5) is 25.7. The standard InChI is InChI=1S/C9H16N3O3PS/c1-8(2,3)17-5-9(4,7(14)15-16)6(13)11-12-10/h5,16H2,1-4H3. The molecule has 2 atom stereocenters. The van der Waals surface area contributed by atoms with Crippen LogP contribution in [0.3, 0.4) is 0 Å². The van der Waals surface area contributed by atoms with Crippen LogP contribution in [0.25, 0.3) is 10.4 Å². The summed E-state index contributed by atoms with van der Waals surface area (Å²) in [5.41, 5.74) is 6.80. The number of rotatable bonds is 4. The lowest BCUT2D eigenvalue weighted by Crippen LogP contribution is -2.39. The predicted octanol–water partition coefficient (Wildman–Crippen LogP) is 2.69. The van der Waals surface area contributed by atoms with Crippen LogP contribution in [0.2, 0.25) is 0 Å². The van der Waals surface area contributed by atoms with Gasteiger partial charge in [0.25, 0.3) is 0 Å². The van der Waals surface area contributed by atoms with E-state index in [9.17, 15) is 9.59 Å². The largest absolute Gasteiger partial charge is 0.451 e. The number of carbonyl (C=O) groups excluding carboxylic acids is 2. The zero-order chi connectivity index (χ0) is 13.7. The number of nitrogens with zero attached hydrogens (tertiary/aromatic N) is 3. The summed E-state index contributed by atoms with van der Waals surface area (Å²) in [6, 6.07) is 0. The molecular weight excluding hydrogens is 261 g/mol. The zero-order valence-electron chi connectivity index (χ0n) is 10.3. The number of hydrogen-bond acceptors (Lipinski definition) is 4. The highest BCUT2D eigenvalue weighted by Crippen LogP contribution is 2.33. The number of thioether (sulfide) groups is 1. The average Bonchev–Trinajstić information content (AvgIpc) is 2.24. The Morgan fingerprint density at radius 1 is 1.41 bits per heavy atom. The van der Waals surface area contributed by atoms with Crippen molar-refractivity contribution < 1.29 is 14.1 Å². The van der Waals surface area contributed by atoms with Crippen LogP contribution >= 0.6 is 21.2 Å². The minimum absolute atomic E-state index is 0.112. The Morgan fingerprint density at radius 2 is 1.94 bits per heavy atom. The van der Waals surface area contributed by atoms with E-state index in [0.717, 1.165) is 0 Å². The first-order valence-corrected chi connectivity index (χ1v) is 6.28. The Morgan fingerprint density at radius 3 is 2.29 bits per heavy atom. The Bertz CT molecular complexity index is 363. The van der Waals surface area contributed by atoms with Crippen molar-refractivity contribution >= 4 is 33.1 Å². The second-order valence-corrected chi connectivity index (χ2v) is 6.67. The molecule has 0 bridgehead atoms. The first-order chi connectivity index (χ1) is 7.67. The van der Waals surface area contributed by atoms with Gasteiger partial charge in [0.2, 0.25) is 5.91 Å². The minimum Gasteiger partial charge on any atom is -0.451 e. The van der Waals surface area contributed by atoms with Gasteiger partial charge in [-0.25, -0.2) is 0 Å². The lowest BCUT2D eigenvalue weighted by Gasteiger charge is -2.26. The third kappa shape index (κ3) is 4.94. The van der Waals surface area contributed by atoms with E-state index in [4.69, 9.17) is 5.53 Å². The lowest BCUT2D eigenvalue weighted by molar-refractivity contribution is -0.148. The second-order valence-electron chi connectivity index (χ2n) is 4.63. The molecule has 0 rings (SSSR count). The summed E-state index contributed by atoms with van der Waals surface area (Å²) < 4.78 is 4.40. The molecule has 0 aromatic carbocycles. The molecular formula is C9H16N3O3PS. The summed E-state index contributed by atoms with van der Waals surface area (Å²) in [6.07, 6.45) is 0. The van der Waals surface area contributed by atoms with Crippen molar-refractivity contribution in [2.45, 2.75) is 32.4 Å². The molecule has 0 fully saturated rings. The number of amides is 1. The molecule has 2 unspecified atom stereocenters. The third-order valence-electron chi connectivity index (χ3n) is 1.96. The van der Waals surface area contributed by atoms with Crippen LogP contribution in [0.1, 0.15) is 27.7 Å². The molecule has 0 aliphatic carbocycles. The van der Waals surface area contributed by atoms with Crippen molar-refractivity contribution in [1.29, 1.82) is 0 Å². The van der Waals surface area contributed by atoms with Crippen molar-refractivity contribution in [3.8, 4) is 0 Å². The van der Waals surface area contributed by atoms with Crippen molar-refractivity contribution in [1.82, 2.24) is 0 Å². The summed E-state index contributed by atoms with van der Waals surface area (Å²) in [7, 11) is 1.80. The molecule has 0 aliphatic heterocycles. The monoisotopic (exact) mass is 277 g/mol. The average molecular weight is 277 g/mol. The lowest BCUT2D eigenvalue weighted by atomic mass is 9.93. The molecule has 8 heteroatoms. The maximum absolute atomic E-state index is 11.6. The van der Waals surface area contributed by atoms with E-state index in [-0.39, 0.29) is 10.5 Å². The van der Waals surface area contributed by atoms with Gasteiger partial charge < -0.3 is 4.52 Å². The fourth-order valence-electron chi connectivity index (χ4n) is 0.850. The van der Waals surface area contributed by atoms with Crippen LogP contribution in [0, 0.1) is 5.41 Å². The molecule has 17 heavy (non-hydrogen) atoms. The van der Waals surface area contributed by atoms with Gasteiger partial charge in [0.1, 0.15) is 5.41 Å². The Balaban J connectivity index is 5.05. The van der Waals surface area contributed by atoms with Crippen LogP contribution in [-0.4, -0.2) is 22.4 Å². The van der Waals surface area contributed by atoms with Gasteiger partial charge in [0.15, 0.2) is 0 Å². The first kappa shape index (κ1) is 16.2. The minimum atomic E-state index is -1.45. The number of carbonyl (C=O) groups is 2. The van der Waals surface area contributed by atoms with Gasteiger partial charge in [-0.2, -0.15) is 11.8 Å². The highest BCUT2D eigenvalue weighted by atomic mass is 32.2. The van der Waals surface area contributed by atoms with Crippen LogP contribution in [0.4, 0.5) is 0 Å². The van der Waals surface area contributed by atoms with Crippen molar-refractivity contribution in [2.75, 3.05) is 5.75 Å². The molecule has 6 nitrogen and oxygen atoms in total. The molecule has 0 radical (unpaired) electrons. The Labute approximate surface area is 107 Å².